The number of rotatable bonds is 9. The normalized spacial score (nSPS) is 33.4. The second kappa shape index (κ2) is 9.61. The van der Waals surface area contributed by atoms with Crippen molar-refractivity contribution in [2.75, 3.05) is 21.3 Å². The second-order valence-electron chi connectivity index (χ2n) is 6.24. The van der Waals surface area contributed by atoms with E-state index in [9.17, 15) is 9.59 Å². The van der Waals surface area contributed by atoms with Crippen molar-refractivity contribution >= 4 is 28.2 Å². The molecular weight excluding hydrogens is 432 g/mol. The topological polar surface area (TPSA) is 136 Å². The first-order chi connectivity index (χ1) is 13.4. The summed E-state index contributed by atoms with van der Waals surface area (Å²) in [4.78, 5) is 25.9. The van der Waals surface area contributed by atoms with Gasteiger partial charge >= 0.3 is 5.69 Å². The van der Waals surface area contributed by atoms with E-state index in [4.69, 9.17) is 28.9 Å². The molecule has 0 bridgehead atoms. The van der Waals surface area contributed by atoms with Crippen molar-refractivity contribution in [3.8, 4) is 0 Å². The lowest BCUT2D eigenvalue weighted by Crippen LogP contribution is -2.39. The largest absolute Gasteiger partial charge is 0.374 e. The molecule has 1 aliphatic heterocycles. The van der Waals surface area contributed by atoms with Gasteiger partial charge < -0.3 is 23.0 Å². The van der Waals surface area contributed by atoms with Gasteiger partial charge in [-0.1, -0.05) is 12.2 Å². The third-order valence-corrected chi connectivity index (χ3v) is 7.81. The molecule has 3 N–H and O–H groups in total. The van der Waals surface area contributed by atoms with Crippen LogP contribution in [0.2, 0.25) is 0 Å². The number of nitrogens with one attached hydrogen (secondary N) is 1. The molecule has 0 amide bonds. The third kappa shape index (κ3) is 4.52. The monoisotopic (exact) mass is 455 g/mol. The first kappa shape index (κ1) is 22.3. The van der Waals surface area contributed by atoms with Crippen molar-refractivity contribution in [3.63, 3.8) is 0 Å². The van der Waals surface area contributed by atoms with Gasteiger partial charge in [-0.2, -0.15) is 0 Å². The van der Waals surface area contributed by atoms with E-state index in [-0.39, 0.29) is 11.6 Å². The molecule has 1 aliphatic carbocycles. The van der Waals surface area contributed by atoms with Gasteiger partial charge in [0.15, 0.2) is 14.6 Å². The number of methoxy groups -OCH3 is 1. The Morgan fingerprint density at radius 2 is 2.00 bits per heavy atom. The van der Waals surface area contributed by atoms with E-state index < -0.39 is 51.7 Å². The van der Waals surface area contributed by atoms with Crippen molar-refractivity contribution in [2.45, 2.75) is 36.6 Å². The van der Waals surface area contributed by atoms with Gasteiger partial charge in [0.05, 0.1) is 6.10 Å². The number of thiol groups is 1. The number of nitrogens with two attached hydrogens (primary N) is 1. The Hall–Kier alpha value is -0.390. The fourth-order valence-corrected chi connectivity index (χ4v) is 5.91. The molecule has 3 rings (SSSR count). The average molecular weight is 455 g/mol. The molecule has 2 heterocycles. The van der Waals surface area contributed by atoms with Gasteiger partial charge in [-0.25, -0.2) is 15.3 Å². The van der Waals surface area contributed by atoms with Crippen LogP contribution in [-0.2, 0) is 27.7 Å². The SMILES string of the molecule is COC1C(OP(S)ON)C(C2CC2P(OC)OC)OC1n1ccc(=O)[nH]c1=O. The molecule has 2 aliphatic rings. The van der Waals surface area contributed by atoms with Gasteiger partial charge in [-0.3, -0.25) is 14.3 Å². The van der Waals surface area contributed by atoms with Crippen LogP contribution in [0.3, 0.4) is 0 Å². The molecule has 11 nitrogen and oxygen atoms in total. The first-order valence-electron chi connectivity index (χ1n) is 8.35. The highest BCUT2D eigenvalue weighted by atomic mass is 32.7. The Morgan fingerprint density at radius 1 is 1.29 bits per heavy atom. The summed E-state index contributed by atoms with van der Waals surface area (Å²) in [6, 6.07) is 1.24. The van der Waals surface area contributed by atoms with Crippen molar-refractivity contribution in [1.29, 1.82) is 0 Å². The van der Waals surface area contributed by atoms with Crippen LogP contribution in [0.25, 0.3) is 0 Å². The van der Waals surface area contributed by atoms with Crippen molar-refractivity contribution < 1.29 is 27.7 Å². The van der Waals surface area contributed by atoms with Crippen LogP contribution in [-0.4, -0.2) is 54.9 Å². The van der Waals surface area contributed by atoms with Gasteiger partial charge in [0, 0.05) is 39.3 Å². The zero-order chi connectivity index (χ0) is 20.4. The summed E-state index contributed by atoms with van der Waals surface area (Å²) in [6.45, 7) is 0. The smallest absolute Gasteiger partial charge is 0.330 e. The highest BCUT2D eigenvalue weighted by molar-refractivity contribution is 8.41. The first-order valence-corrected chi connectivity index (χ1v) is 11.9. The van der Waals surface area contributed by atoms with Crippen LogP contribution in [0, 0.1) is 5.92 Å². The van der Waals surface area contributed by atoms with Crippen molar-refractivity contribution in [2.24, 2.45) is 11.8 Å². The summed E-state index contributed by atoms with van der Waals surface area (Å²) < 4.78 is 34.4. The van der Waals surface area contributed by atoms with E-state index >= 15 is 0 Å². The van der Waals surface area contributed by atoms with E-state index in [1.54, 1.807) is 14.2 Å². The van der Waals surface area contributed by atoms with Gasteiger partial charge in [0.25, 0.3) is 13.1 Å². The molecule has 28 heavy (non-hydrogen) atoms. The average Bonchev–Trinajstić information content (AvgIpc) is 3.37. The number of aromatic amines is 1. The molecule has 14 heteroatoms. The number of hydrogen-bond acceptors (Lipinski definition) is 10. The molecule has 7 atom stereocenters. The van der Waals surface area contributed by atoms with Crippen LogP contribution in [0.1, 0.15) is 12.6 Å². The van der Waals surface area contributed by atoms with Crippen molar-refractivity contribution in [1.82, 2.24) is 9.55 Å². The van der Waals surface area contributed by atoms with Gasteiger partial charge in [-0.05, 0) is 12.3 Å². The molecule has 2 fully saturated rings. The number of hydrogen-bond donors (Lipinski definition) is 3. The van der Waals surface area contributed by atoms with Crippen LogP contribution in [0.15, 0.2) is 21.9 Å². The Balaban J connectivity index is 1.89. The third-order valence-electron chi connectivity index (χ3n) is 4.78. The van der Waals surface area contributed by atoms with E-state index in [0.29, 0.717) is 0 Å². The van der Waals surface area contributed by atoms with Crippen LogP contribution in [0.5, 0.6) is 0 Å². The lowest BCUT2D eigenvalue weighted by Gasteiger charge is -2.25. The Bertz CT molecular complexity index is 777. The van der Waals surface area contributed by atoms with Gasteiger partial charge in [0.2, 0.25) is 0 Å². The predicted molar refractivity (Wildman–Crippen MR) is 105 cm³/mol. The lowest BCUT2D eigenvalue weighted by molar-refractivity contribution is -0.0570. The lowest BCUT2D eigenvalue weighted by atomic mass is 10.1. The quantitative estimate of drug-likeness (QED) is 0.282. The molecule has 1 aromatic heterocycles. The molecule has 0 radical (unpaired) electrons. The van der Waals surface area contributed by atoms with E-state index in [1.165, 1.54) is 23.9 Å². The van der Waals surface area contributed by atoms with Crippen molar-refractivity contribution in [3.05, 3.63) is 33.1 Å². The van der Waals surface area contributed by atoms with Gasteiger partial charge in [-0.15, -0.1) is 0 Å². The fourth-order valence-electron chi connectivity index (χ4n) is 3.50. The summed E-state index contributed by atoms with van der Waals surface area (Å²) in [5.41, 5.74) is -0.943. The minimum atomic E-state index is -1.67. The van der Waals surface area contributed by atoms with Crippen LogP contribution >= 0.6 is 28.2 Å². The highest BCUT2D eigenvalue weighted by Gasteiger charge is 2.59. The van der Waals surface area contributed by atoms with Crippen LogP contribution < -0.4 is 17.1 Å². The number of H-pyrrole nitrogens is 1. The maximum atomic E-state index is 12.3. The number of ether oxygens (including phenoxy) is 2. The maximum absolute atomic E-state index is 12.3. The standard InChI is InChI=1S/C14H23N3O8P2S/c1-20-12-11(24-27(28)25-15)10(7-6-8(7)26(21-2)22-3)23-13(12)17-5-4-9(18)16-14(17)19/h4-5,7-8,10-13,28H,6,15H2,1-3H3,(H,16,18,19). The Labute approximate surface area is 168 Å². The van der Waals surface area contributed by atoms with Gasteiger partial charge in [0.1, 0.15) is 12.2 Å². The fraction of sp³-hybridized carbons (Fsp3) is 0.714. The predicted octanol–water partition coefficient (Wildman–Crippen LogP) is 0.874. The molecule has 1 saturated carbocycles. The Morgan fingerprint density at radius 3 is 2.57 bits per heavy atom. The van der Waals surface area contributed by atoms with E-state index in [2.05, 4.69) is 21.9 Å². The molecule has 0 aromatic carbocycles. The molecule has 158 valence electrons. The highest BCUT2D eigenvalue weighted by Crippen LogP contribution is 2.62. The molecule has 7 unspecified atom stereocenters. The summed E-state index contributed by atoms with van der Waals surface area (Å²) in [6.07, 6.45) is -0.310. The number of aromatic nitrogens is 2. The summed E-state index contributed by atoms with van der Waals surface area (Å²) in [5, 5.41) is 0. The minimum absolute atomic E-state index is 0.0756. The van der Waals surface area contributed by atoms with E-state index in [0.717, 1.165) is 6.42 Å². The van der Waals surface area contributed by atoms with Crippen LogP contribution in [0.4, 0.5) is 0 Å². The molecule has 1 aromatic rings. The Kier molecular flexibility index (Phi) is 7.66. The maximum Gasteiger partial charge on any atom is 0.330 e. The number of nitrogens with zero attached hydrogens (tertiary/aromatic N) is 1. The molecular formula is C14H23N3O8P2S. The summed E-state index contributed by atoms with van der Waals surface area (Å²) in [5.74, 6) is 5.27. The molecule has 1 saturated heterocycles. The zero-order valence-corrected chi connectivity index (χ0v) is 18.1. The summed E-state index contributed by atoms with van der Waals surface area (Å²) >= 11 is 4.19. The van der Waals surface area contributed by atoms with E-state index in [1.807, 2.05) is 0 Å². The second-order valence-corrected chi connectivity index (χ2v) is 10.1. The minimum Gasteiger partial charge on any atom is -0.374 e. The summed E-state index contributed by atoms with van der Waals surface area (Å²) in [7, 11) is 1.96. The zero-order valence-electron chi connectivity index (χ0n) is 15.5. The molecule has 0 spiro atoms.